The van der Waals surface area contributed by atoms with E-state index in [4.69, 9.17) is 5.73 Å². The zero-order valence-electron chi connectivity index (χ0n) is 11.6. The minimum Gasteiger partial charge on any atom is -0.398 e. The summed E-state index contributed by atoms with van der Waals surface area (Å²) in [6, 6.07) is 5.68. The van der Waals surface area contributed by atoms with E-state index in [1.165, 1.54) is 0 Å². The summed E-state index contributed by atoms with van der Waals surface area (Å²) in [6.45, 7) is 3.35. The van der Waals surface area contributed by atoms with Gasteiger partial charge in [0.2, 0.25) is 5.91 Å². The molecule has 0 aliphatic heterocycles. The Kier molecular flexibility index (Phi) is 4.76. The Labute approximate surface area is 118 Å². The van der Waals surface area contributed by atoms with Crippen molar-refractivity contribution in [3.63, 3.8) is 0 Å². The maximum atomic E-state index is 11.5. The van der Waals surface area contributed by atoms with E-state index in [0.29, 0.717) is 13.0 Å². The third kappa shape index (κ3) is 3.38. The van der Waals surface area contributed by atoms with Crippen LogP contribution in [0.3, 0.4) is 0 Å². The number of carbonyl (C=O) groups excluding carboxylic acids is 1. The lowest BCUT2D eigenvalue weighted by Crippen LogP contribution is -2.25. The van der Waals surface area contributed by atoms with Gasteiger partial charge in [0.05, 0.1) is 0 Å². The van der Waals surface area contributed by atoms with E-state index in [0.717, 1.165) is 35.1 Å². The van der Waals surface area contributed by atoms with Crippen molar-refractivity contribution in [2.75, 3.05) is 24.1 Å². The molecule has 2 aromatic rings. The first-order valence-corrected chi connectivity index (χ1v) is 6.85. The van der Waals surface area contributed by atoms with Crippen molar-refractivity contribution in [3.05, 3.63) is 30.6 Å². The predicted molar refractivity (Wildman–Crippen MR) is 82.6 cm³/mol. The summed E-state index contributed by atoms with van der Waals surface area (Å²) < 4.78 is 0. The first-order valence-electron chi connectivity index (χ1n) is 6.85. The van der Waals surface area contributed by atoms with Crippen molar-refractivity contribution >= 4 is 28.1 Å². The summed E-state index contributed by atoms with van der Waals surface area (Å²) in [4.78, 5) is 15.6. The molecule has 5 nitrogen and oxygen atoms in total. The maximum Gasteiger partial charge on any atom is 0.221 e. The number of fused-ring (bicyclic) bond motifs is 1. The highest BCUT2D eigenvalue weighted by Gasteiger charge is 2.05. The summed E-state index contributed by atoms with van der Waals surface area (Å²) >= 11 is 0. The minimum atomic E-state index is 0.0669. The van der Waals surface area contributed by atoms with Gasteiger partial charge in [-0.15, -0.1) is 0 Å². The van der Waals surface area contributed by atoms with Gasteiger partial charge in [0.25, 0.3) is 0 Å². The van der Waals surface area contributed by atoms with Gasteiger partial charge < -0.3 is 16.4 Å². The minimum absolute atomic E-state index is 0.0669. The van der Waals surface area contributed by atoms with Crippen LogP contribution in [0.2, 0.25) is 0 Å². The van der Waals surface area contributed by atoms with Crippen LogP contribution in [0.15, 0.2) is 30.6 Å². The van der Waals surface area contributed by atoms with E-state index in [9.17, 15) is 4.79 Å². The largest absolute Gasteiger partial charge is 0.398 e. The molecule has 2 rings (SSSR count). The molecule has 0 aliphatic carbocycles. The summed E-state index contributed by atoms with van der Waals surface area (Å²) in [5, 5.41) is 8.07. The molecule has 4 N–H and O–H groups in total. The zero-order chi connectivity index (χ0) is 14.4. The van der Waals surface area contributed by atoms with E-state index in [-0.39, 0.29) is 5.91 Å². The van der Waals surface area contributed by atoms with Crippen molar-refractivity contribution in [2.24, 2.45) is 0 Å². The number of aromatic nitrogens is 1. The summed E-state index contributed by atoms with van der Waals surface area (Å²) in [6.07, 6.45) is 4.91. The SMILES string of the molecule is CCCNC(=O)CCNc1ccc(N)c2ccncc12. The van der Waals surface area contributed by atoms with Crippen LogP contribution in [0, 0.1) is 0 Å². The monoisotopic (exact) mass is 272 g/mol. The molecule has 5 heteroatoms. The lowest BCUT2D eigenvalue weighted by Gasteiger charge is -2.11. The van der Waals surface area contributed by atoms with Gasteiger partial charge in [-0.05, 0) is 24.6 Å². The summed E-state index contributed by atoms with van der Waals surface area (Å²) in [7, 11) is 0. The van der Waals surface area contributed by atoms with Gasteiger partial charge >= 0.3 is 0 Å². The number of nitrogens with two attached hydrogens (primary N) is 1. The number of nitrogen functional groups attached to an aromatic ring is 1. The highest BCUT2D eigenvalue weighted by molar-refractivity contribution is 6.00. The van der Waals surface area contributed by atoms with Crippen LogP contribution in [-0.4, -0.2) is 24.0 Å². The molecule has 0 atom stereocenters. The molecule has 1 aromatic heterocycles. The Morgan fingerprint density at radius 3 is 2.90 bits per heavy atom. The second-order valence-electron chi connectivity index (χ2n) is 4.65. The van der Waals surface area contributed by atoms with Crippen LogP contribution in [0.4, 0.5) is 11.4 Å². The maximum absolute atomic E-state index is 11.5. The lowest BCUT2D eigenvalue weighted by molar-refractivity contribution is -0.120. The Balaban J connectivity index is 2.00. The third-order valence-corrected chi connectivity index (χ3v) is 3.09. The third-order valence-electron chi connectivity index (χ3n) is 3.09. The van der Waals surface area contributed by atoms with E-state index in [2.05, 4.69) is 15.6 Å². The second kappa shape index (κ2) is 6.75. The number of nitrogens with one attached hydrogen (secondary N) is 2. The number of hydrogen-bond donors (Lipinski definition) is 3. The van der Waals surface area contributed by atoms with Crippen LogP contribution in [-0.2, 0) is 4.79 Å². The molecule has 1 heterocycles. The van der Waals surface area contributed by atoms with Crippen molar-refractivity contribution in [2.45, 2.75) is 19.8 Å². The molecule has 0 aliphatic rings. The van der Waals surface area contributed by atoms with Crippen LogP contribution in [0.1, 0.15) is 19.8 Å². The molecular formula is C15H20N4O. The number of nitrogens with zero attached hydrogens (tertiary/aromatic N) is 1. The highest BCUT2D eigenvalue weighted by atomic mass is 16.1. The molecule has 0 fully saturated rings. The van der Waals surface area contributed by atoms with Crippen molar-refractivity contribution in [1.29, 1.82) is 0 Å². The fraction of sp³-hybridized carbons (Fsp3) is 0.333. The molecule has 0 saturated carbocycles. The van der Waals surface area contributed by atoms with Crippen molar-refractivity contribution < 1.29 is 4.79 Å². The van der Waals surface area contributed by atoms with Crippen LogP contribution < -0.4 is 16.4 Å². The first kappa shape index (κ1) is 14.1. The summed E-state index contributed by atoms with van der Waals surface area (Å²) in [5.74, 6) is 0.0669. The van der Waals surface area contributed by atoms with Gasteiger partial charge in [-0.2, -0.15) is 0 Å². The smallest absolute Gasteiger partial charge is 0.221 e. The fourth-order valence-corrected chi connectivity index (χ4v) is 2.03. The Bertz CT molecular complexity index is 597. The van der Waals surface area contributed by atoms with Gasteiger partial charge in [-0.1, -0.05) is 6.92 Å². The molecule has 0 bridgehead atoms. The van der Waals surface area contributed by atoms with Crippen molar-refractivity contribution in [1.82, 2.24) is 10.3 Å². The number of pyridine rings is 1. The number of amides is 1. The molecular weight excluding hydrogens is 252 g/mol. The number of hydrogen-bond acceptors (Lipinski definition) is 4. The van der Waals surface area contributed by atoms with Gasteiger partial charge in [-0.3, -0.25) is 9.78 Å². The number of anilines is 2. The summed E-state index contributed by atoms with van der Waals surface area (Å²) in [5.41, 5.74) is 7.62. The Hall–Kier alpha value is -2.30. The quantitative estimate of drug-likeness (QED) is 0.704. The first-order chi connectivity index (χ1) is 9.72. The van der Waals surface area contributed by atoms with Crippen LogP contribution >= 0.6 is 0 Å². The number of carbonyl (C=O) groups is 1. The molecule has 106 valence electrons. The van der Waals surface area contributed by atoms with Gasteiger partial charge in [0, 0.05) is 54.1 Å². The highest BCUT2D eigenvalue weighted by Crippen LogP contribution is 2.27. The van der Waals surface area contributed by atoms with Gasteiger partial charge in [-0.25, -0.2) is 0 Å². The molecule has 20 heavy (non-hydrogen) atoms. The Morgan fingerprint density at radius 2 is 2.10 bits per heavy atom. The van der Waals surface area contributed by atoms with Crippen LogP contribution in [0.25, 0.3) is 10.8 Å². The lowest BCUT2D eigenvalue weighted by atomic mass is 10.1. The molecule has 0 saturated heterocycles. The fourth-order valence-electron chi connectivity index (χ4n) is 2.03. The predicted octanol–water partition coefficient (Wildman–Crippen LogP) is 2.15. The molecule has 0 radical (unpaired) electrons. The van der Waals surface area contributed by atoms with Crippen molar-refractivity contribution in [3.8, 4) is 0 Å². The normalized spacial score (nSPS) is 10.4. The average molecular weight is 272 g/mol. The number of rotatable bonds is 6. The van der Waals surface area contributed by atoms with E-state index >= 15 is 0 Å². The van der Waals surface area contributed by atoms with Gasteiger partial charge in [0.15, 0.2) is 0 Å². The molecule has 1 aromatic carbocycles. The number of benzene rings is 1. The topological polar surface area (TPSA) is 80.0 Å². The van der Waals surface area contributed by atoms with Gasteiger partial charge in [0.1, 0.15) is 0 Å². The molecule has 1 amide bonds. The van der Waals surface area contributed by atoms with E-state index in [1.807, 2.05) is 25.1 Å². The Morgan fingerprint density at radius 1 is 1.25 bits per heavy atom. The van der Waals surface area contributed by atoms with E-state index < -0.39 is 0 Å². The van der Waals surface area contributed by atoms with Crippen LogP contribution in [0.5, 0.6) is 0 Å². The zero-order valence-corrected chi connectivity index (χ0v) is 11.6. The molecule has 0 spiro atoms. The van der Waals surface area contributed by atoms with E-state index in [1.54, 1.807) is 12.4 Å². The second-order valence-corrected chi connectivity index (χ2v) is 4.65. The standard InChI is InChI=1S/C15H20N4O/c1-2-7-19-15(20)6-9-18-14-4-3-13(16)11-5-8-17-10-12(11)14/h3-5,8,10,18H,2,6-7,9,16H2,1H3,(H,19,20). The average Bonchev–Trinajstić information content (AvgIpc) is 2.48. The molecule has 0 unspecified atom stereocenters.